The summed E-state index contributed by atoms with van der Waals surface area (Å²) in [6.07, 6.45) is 6.78. The smallest absolute Gasteiger partial charge is 0.249 e. The van der Waals surface area contributed by atoms with Crippen LogP contribution in [0.25, 0.3) is 11.3 Å². The molecular formula is C49H58N8O5. The highest BCUT2D eigenvalue weighted by atomic mass is 16.5. The van der Waals surface area contributed by atoms with Crippen molar-refractivity contribution >= 4 is 34.9 Å². The molecule has 0 bridgehead atoms. The van der Waals surface area contributed by atoms with E-state index in [-0.39, 0.29) is 35.6 Å². The molecule has 4 aromatic rings. The number of nitrogens with one attached hydrogen (secondary N) is 1. The highest BCUT2D eigenvalue weighted by Gasteiger charge is 2.69. The quantitative estimate of drug-likeness (QED) is 0.164. The third kappa shape index (κ3) is 8.07. The predicted octanol–water partition coefficient (Wildman–Crippen LogP) is 5.48. The van der Waals surface area contributed by atoms with E-state index in [4.69, 9.17) is 10.5 Å². The van der Waals surface area contributed by atoms with Crippen LogP contribution >= 0.6 is 0 Å². The maximum Gasteiger partial charge on any atom is 0.249 e. The minimum Gasteiger partial charge on any atom is -0.507 e. The number of hydrogen-bond donors (Lipinski definition) is 3. The number of amides is 3. The molecule has 6 fully saturated rings. The number of aromatic nitrogens is 2. The number of piperidine rings is 3. The molecule has 324 valence electrons. The largest absolute Gasteiger partial charge is 0.507 e. The van der Waals surface area contributed by atoms with Gasteiger partial charge in [-0.3, -0.25) is 24.6 Å². The van der Waals surface area contributed by atoms with E-state index in [2.05, 4.69) is 67.8 Å². The molecule has 2 aliphatic carbocycles. The normalized spacial score (nSPS) is 26.5. The molecule has 6 aliphatic rings. The van der Waals surface area contributed by atoms with Gasteiger partial charge in [-0.25, -0.2) is 0 Å². The van der Waals surface area contributed by atoms with Crippen molar-refractivity contribution in [1.29, 1.82) is 0 Å². The summed E-state index contributed by atoms with van der Waals surface area (Å²) in [6.45, 7) is 5.53. The first-order chi connectivity index (χ1) is 30.2. The standard InChI is InChI=1S/C49H58N8O5/c1-54(41-12-13-44(59)51-49(41)61)33-8-5-7-32(26-33)31-14-19-55(20-15-31)29-45(60)56-21-16-34(17-22-56)62-35-9-4-6-30(24-35)25-38-39-28-57(23-18-37-46(38)47(37)39)42-27-40(52-53-48(42)50)36-10-2-3-11-43(36)58/h2-11,24,26-27,31,34,37-39,41,46-47,58H,12-23,25,28-29H2,1H3,(H2,50,53)(H,51,59,61)/t37-,38?,39-,41?,46?,47?/m1/s1. The van der Waals surface area contributed by atoms with Gasteiger partial charge in [-0.15, -0.1) is 10.2 Å². The Balaban J connectivity index is 0.682. The molecule has 4 unspecified atom stereocenters. The zero-order valence-electron chi connectivity index (χ0n) is 35.6. The molecule has 3 amide bonds. The molecule has 4 N–H and O–H groups in total. The number of fused-ring (bicyclic) bond motifs is 1. The number of anilines is 3. The Labute approximate surface area is 363 Å². The summed E-state index contributed by atoms with van der Waals surface area (Å²) in [4.78, 5) is 46.3. The van der Waals surface area contributed by atoms with Gasteiger partial charge >= 0.3 is 0 Å². The Kier molecular flexibility index (Phi) is 11.0. The number of ether oxygens (including phenoxy) is 1. The Morgan fingerprint density at radius 1 is 0.871 bits per heavy atom. The molecule has 4 aliphatic heterocycles. The van der Waals surface area contributed by atoms with Gasteiger partial charge in [0.1, 0.15) is 23.6 Å². The van der Waals surface area contributed by atoms with Crippen molar-refractivity contribution in [2.45, 2.75) is 69.4 Å². The summed E-state index contributed by atoms with van der Waals surface area (Å²) in [5.41, 5.74) is 12.2. The monoisotopic (exact) mass is 838 g/mol. The topological polar surface area (TPSA) is 157 Å². The van der Waals surface area contributed by atoms with E-state index in [0.29, 0.717) is 67.3 Å². The van der Waals surface area contributed by atoms with Crippen molar-refractivity contribution in [3.05, 3.63) is 90.0 Å². The Morgan fingerprint density at radius 3 is 2.48 bits per heavy atom. The summed E-state index contributed by atoms with van der Waals surface area (Å²) in [5, 5.41) is 21.6. The summed E-state index contributed by atoms with van der Waals surface area (Å²) in [7, 11) is 1.92. The molecule has 1 aromatic heterocycles. The average Bonchev–Trinajstić information content (AvgIpc) is 3.97. The maximum atomic E-state index is 13.5. The van der Waals surface area contributed by atoms with Crippen LogP contribution in [0.3, 0.4) is 0 Å². The molecule has 2 saturated carbocycles. The van der Waals surface area contributed by atoms with E-state index >= 15 is 0 Å². The van der Waals surface area contributed by atoms with Crippen LogP contribution in [0.1, 0.15) is 62.0 Å². The van der Waals surface area contributed by atoms with E-state index in [9.17, 15) is 19.5 Å². The second-order valence-corrected chi connectivity index (χ2v) is 18.7. The lowest BCUT2D eigenvalue weighted by Crippen LogP contribution is -2.51. The van der Waals surface area contributed by atoms with Crippen LogP contribution in [0.15, 0.2) is 78.9 Å². The molecule has 13 nitrogen and oxygen atoms in total. The molecule has 4 saturated heterocycles. The molecule has 6 atom stereocenters. The number of para-hydroxylation sites is 1. The Hall–Kier alpha value is -5.69. The number of carbonyl (C=O) groups is 3. The summed E-state index contributed by atoms with van der Waals surface area (Å²) < 4.78 is 6.58. The van der Waals surface area contributed by atoms with Crippen LogP contribution in [0.4, 0.5) is 17.2 Å². The van der Waals surface area contributed by atoms with Gasteiger partial charge in [0.2, 0.25) is 17.7 Å². The van der Waals surface area contributed by atoms with Crippen LogP contribution in [-0.4, -0.2) is 108 Å². The van der Waals surface area contributed by atoms with Crippen LogP contribution in [0, 0.1) is 29.6 Å². The van der Waals surface area contributed by atoms with Crippen molar-refractivity contribution < 1.29 is 24.2 Å². The fourth-order valence-corrected chi connectivity index (χ4v) is 11.7. The molecule has 0 spiro atoms. The molecule has 5 heterocycles. The van der Waals surface area contributed by atoms with Gasteiger partial charge in [-0.2, -0.15) is 0 Å². The molecule has 13 heteroatoms. The van der Waals surface area contributed by atoms with Crippen LogP contribution < -0.4 is 25.6 Å². The predicted molar refractivity (Wildman–Crippen MR) is 238 cm³/mol. The first kappa shape index (κ1) is 40.4. The number of nitrogens with zero attached hydrogens (tertiary/aromatic N) is 6. The highest BCUT2D eigenvalue weighted by Crippen LogP contribution is 2.71. The van der Waals surface area contributed by atoms with Gasteiger partial charge in [0.15, 0.2) is 5.82 Å². The second kappa shape index (κ2) is 16.9. The Morgan fingerprint density at radius 2 is 1.68 bits per heavy atom. The number of phenolic OH excluding ortho intramolecular Hbond substituents is 1. The fraction of sp³-hybridized carbons (Fsp3) is 0.490. The molecule has 3 aromatic carbocycles. The lowest BCUT2D eigenvalue weighted by Gasteiger charge is -2.40. The third-order valence-electron chi connectivity index (χ3n) is 15.2. The number of likely N-dealkylation sites (tertiary alicyclic amines) is 2. The van der Waals surface area contributed by atoms with Crippen molar-refractivity contribution in [2.75, 3.05) is 68.4 Å². The number of likely N-dealkylation sites (N-methyl/N-ethyl adjacent to an activating group) is 1. The minimum absolute atomic E-state index is 0.0877. The van der Waals surface area contributed by atoms with Gasteiger partial charge in [0, 0.05) is 63.7 Å². The van der Waals surface area contributed by atoms with Crippen molar-refractivity contribution in [3.8, 4) is 22.8 Å². The highest BCUT2D eigenvalue weighted by molar-refractivity contribution is 6.01. The number of rotatable bonds is 11. The van der Waals surface area contributed by atoms with Crippen LogP contribution in [0.5, 0.6) is 11.5 Å². The maximum absolute atomic E-state index is 13.5. The van der Waals surface area contributed by atoms with Gasteiger partial charge in [0.05, 0.1) is 17.9 Å². The number of hydrogen-bond acceptors (Lipinski definition) is 11. The fourth-order valence-electron chi connectivity index (χ4n) is 11.7. The van der Waals surface area contributed by atoms with Gasteiger partial charge < -0.3 is 30.3 Å². The number of nitrogen functional groups attached to an aromatic ring is 1. The number of phenols is 1. The minimum atomic E-state index is -0.349. The van der Waals surface area contributed by atoms with Gasteiger partial charge in [-0.1, -0.05) is 36.4 Å². The summed E-state index contributed by atoms with van der Waals surface area (Å²) in [5.74, 6) is 5.31. The molecular weight excluding hydrogens is 781 g/mol. The zero-order valence-corrected chi connectivity index (χ0v) is 35.6. The van der Waals surface area contributed by atoms with Crippen LogP contribution in [-0.2, 0) is 20.8 Å². The van der Waals surface area contributed by atoms with E-state index < -0.39 is 0 Å². The number of nitrogens with two attached hydrogens (primary N) is 1. The molecule has 0 radical (unpaired) electrons. The van der Waals surface area contributed by atoms with E-state index in [1.807, 2.05) is 41.1 Å². The van der Waals surface area contributed by atoms with Crippen molar-refractivity contribution in [2.24, 2.45) is 29.6 Å². The molecule has 10 rings (SSSR count). The first-order valence-corrected chi connectivity index (χ1v) is 22.8. The number of aromatic hydroxyl groups is 1. The van der Waals surface area contributed by atoms with E-state index in [1.54, 1.807) is 12.1 Å². The van der Waals surface area contributed by atoms with Gasteiger partial charge in [0.25, 0.3) is 0 Å². The number of carbonyl (C=O) groups excluding carboxylic acids is 3. The second-order valence-electron chi connectivity index (χ2n) is 18.7. The lowest BCUT2D eigenvalue weighted by molar-refractivity contribution is -0.135. The number of benzene rings is 3. The SMILES string of the molecule is CN(c1cccc(C2CCN(CC(=O)N3CCC(Oc4cccc(CC5C6C7[C@@H]5CN(c5cc(-c8ccccc8O)nnc5N)CC[C@H]67)c4)CC3)CC2)c1)C1CCC(=O)NC1=O. The Bertz CT molecular complexity index is 2320. The zero-order chi connectivity index (χ0) is 42.5. The lowest BCUT2D eigenvalue weighted by atomic mass is 9.70. The molecule has 62 heavy (non-hydrogen) atoms. The van der Waals surface area contributed by atoms with E-state index in [1.165, 1.54) is 11.1 Å². The van der Waals surface area contributed by atoms with Crippen molar-refractivity contribution in [1.82, 2.24) is 25.3 Å². The number of imide groups is 1. The van der Waals surface area contributed by atoms with Crippen LogP contribution in [0.2, 0.25) is 0 Å². The third-order valence-corrected chi connectivity index (χ3v) is 15.2. The first-order valence-electron chi connectivity index (χ1n) is 22.8. The van der Waals surface area contributed by atoms with Crippen molar-refractivity contribution in [3.63, 3.8) is 0 Å². The van der Waals surface area contributed by atoms with E-state index in [0.717, 1.165) is 99.6 Å². The average molecular weight is 839 g/mol. The summed E-state index contributed by atoms with van der Waals surface area (Å²) >= 11 is 0. The summed E-state index contributed by atoms with van der Waals surface area (Å²) in [6, 6.07) is 26.0. The van der Waals surface area contributed by atoms with Gasteiger partial charge in [-0.05, 0) is 134 Å².